The van der Waals surface area contributed by atoms with E-state index in [1.54, 1.807) is 24.3 Å². The molecule has 0 saturated heterocycles. The number of amides is 1. The number of hydrogen-bond donors (Lipinski definition) is 4. The van der Waals surface area contributed by atoms with E-state index in [4.69, 9.17) is 16.2 Å². The zero-order valence-electron chi connectivity index (χ0n) is 14.2. The van der Waals surface area contributed by atoms with E-state index in [9.17, 15) is 9.59 Å². The topological polar surface area (TPSA) is 116 Å². The summed E-state index contributed by atoms with van der Waals surface area (Å²) in [5.41, 5.74) is 8.38. The highest BCUT2D eigenvalue weighted by Crippen LogP contribution is 2.08. The summed E-state index contributed by atoms with van der Waals surface area (Å²) < 4.78 is 0. The molecule has 0 aromatic heterocycles. The lowest BCUT2D eigenvalue weighted by Gasteiger charge is -2.07. The predicted molar refractivity (Wildman–Crippen MR) is 103 cm³/mol. The van der Waals surface area contributed by atoms with Gasteiger partial charge in [-0.1, -0.05) is 36.4 Å². The summed E-state index contributed by atoms with van der Waals surface area (Å²) in [5, 5.41) is 18.9. The summed E-state index contributed by atoms with van der Waals surface area (Å²) in [6.45, 7) is 0.546. The maximum Gasteiger partial charge on any atom is 0.307 e. The molecule has 0 bridgehead atoms. The Bertz CT molecular complexity index is 759. The van der Waals surface area contributed by atoms with Crippen LogP contribution < -0.4 is 11.1 Å². The minimum atomic E-state index is -0.841. The van der Waals surface area contributed by atoms with Gasteiger partial charge in [-0.25, -0.2) is 0 Å². The van der Waals surface area contributed by atoms with Crippen molar-refractivity contribution in [2.75, 3.05) is 6.54 Å². The molecule has 0 spiro atoms. The van der Waals surface area contributed by atoms with Crippen LogP contribution in [0.1, 0.15) is 33.5 Å². The van der Waals surface area contributed by atoms with E-state index in [0.717, 1.165) is 24.0 Å². The van der Waals surface area contributed by atoms with Crippen molar-refractivity contribution in [2.45, 2.75) is 19.3 Å². The van der Waals surface area contributed by atoms with Gasteiger partial charge in [-0.3, -0.25) is 15.0 Å². The molecule has 6 nitrogen and oxygen atoms in total. The number of aryl methyl sites for hydroxylation is 1. The van der Waals surface area contributed by atoms with Crippen LogP contribution in [0.2, 0.25) is 0 Å². The quantitative estimate of drug-likeness (QED) is 0.322. The number of hydrogen-bond acceptors (Lipinski definition) is 3. The molecule has 0 fully saturated rings. The van der Waals surface area contributed by atoms with Crippen molar-refractivity contribution in [3.05, 3.63) is 70.8 Å². The van der Waals surface area contributed by atoms with Crippen molar-refractivity contribution in [3.63, 3.8) is 0 Å². The smallest absolute Gasteiger partial charge is 0.307 e. The molecule has 2 aromatic rings. The number of carbonyl (C=O) groups excluding carboxylic acids is 1. The zero-order valence-corrected chi connectivity index (χ0v) is 15.0. The van der Waals surface area contributed by atoms with E-state index in [2.05, 4.69) is 5.32 Å². The average Bonchev–Trinajstić information content (AvgIpc) is 2.59. The molecule has 138 valence electrons. The van der Waals surface area contributed by atoms with Gasteiger partial charge in [0.15, 0.2) is 0 Å². The molecular weight excluding hydrogens is 354 g/mol. The lowest BCUT2D eigenvalue weighted by Crippen LogP contribution is -2.24. The van der Waals surface area contributed by atoms with Gasteiger partial charge in [-0.15, -0.1) is 12.4 Å². The number of carboxylic acid groups (broad SMARTS) is 1. The van der Waals surface area contributed by atoms with E-state index in [-0.39, 0.29) is 30.6 Å². The van der Waals surface area contributed by atoms with Gasteiger partial charge in [0.05, 0.1) is 6.42 Å². The van der Waals surface area contributed by atoms with Crippen LogP contribution in [0.25, 0.3) is 0 Å². The molecular formula is C19H22ClN3O3. The summed E-state index contributed by atoms with van der Waals surface area (Å²) in [4.78, 5) is 22.7. The fourth-order valence-corrected chi connectivity index (χ4v) is 2.40. The Hall–Kier alpha value is -2.86. The minimum Gasteiger partial charge on any atom is -0.481 e. The van der Waals surface area contributed by atoms with E-state index < -0.39 is 5.97 Å². The summed E-state index contributed by atoms with van der Waals surface area (Å²) in [6.07, 6.45) is 1.62. The molecule has 26 heavy (non-hydrogen) atoms. The van der Waals surface area contributed by atoms with Gasteiger partial charge < -0.3 is 16.2 Å². The normalized spacial score (nSPS) is 9.85. The number of aliphatic carboxylic acids is 1. The molecule has 0 radical (unpaired) electrons. The van der Waals surface area contributed by atoms with Crippen molar-refractivity contribution >= 4 is 30.1 Å². The molecule has 1 amide bonds. The van der Waals surface area contributed by atoms with Crippen LogP contribution in [0.3, 0.4) is 0 Å². The van der Waals surface area contributed by atoms with Gasteiger partial charge in [-0.2, -0.15) is 0 Å². The molecule has 0 heterocycles. The van der Waals surface area contributed by atoms with Gasteiger partial charge in [0.25, 0.3) is 5.91 Å². The third-order valence-corrected chi connectivity index (χ3v) is 3.76. The van der Waals surface area contributed by atoms with Gasteiger partial charge in [0.1, 0.15) is 5.84 Å². The number of nitrogen functional groups attached to an aromatic ring is 1. The molecule has 2 rings (SSSR count). The van der Waals surface area contributed by atoms with Gasteiger partial charge in [-0.05, 0) is 36.1 Å². The second kappa shape index (κ2) is 10.2. The molecule has 7 heteroatoms. The standard InChI is InChI=1S/C19H21N3O3.ClH/c20-18(21)15-7-9-16(10-8-15)19(25)22-11-1-2-13-3-5-14(6-4-13)12-17(23)24;/h3-10H,1-2,11-12H2,(H3,20,21)(H,22,25)(H,23,24);1H. The number of carbonyl (C=O) groups is 2. The number of nitrogens with two attached hydrogens (primary N) is 1. The third kappa shape index (κ3) is 6.57. The highest BCUT2D eigenvalue weighted by atomic mass is 35.5. The number of halogens is 1. The Morgan fingerprint density at radius 1 is 0.962 bits per heavy atom. The minimum absolute atomic E-state index is 0. The Morgan fingerprint density at radius 2 is 1.50 bits per heavy atom. The van der Waals surface area contributed by atoms with Crippen LogP contribution >= 0.6 is 12.4 Å². The summed E-state index contributed by atoms with van der Waals surface area (Å²) in [5.74, 6) is -1.03. The number of benzene rings is 2. The SMILES string of the molecule is Cl.N=C(N)c1ccc(C(=O)NCCCc2ccc(CC(=O)O)cc2)cc1. The van der Waals surface area contributed by atoms with E-state index in [1.807, 2.05) is 24.3 Å². The molecule has 0 saturated carbocycles. The molecule has 0 aliphatic carbocycles. The monoisotopic (exact) mass is 375 g/mol. The van der Waals surface area contributed by atoms with Crippen LogP contribution in [0.5, 0.6) is 0 Å². The fourth-order valence-electron chi connectivity index (χ4n) is 2.40. The first kappa shape index (κ1) is 21.2. The van der Waals surface area contributed by atoms with Crippen LogP contribution in [-0.2, 0) is 17.6 Å². The molecule has 0 atom stereocenters. The second-order valence-electron chi connectivity index (χ2n) is 5.74. The molecule has 0 unspecified atom stereocenters. The number of nitrogens with one attached hydrogen (secondary N) is 2. The lowest BCUT2D eigenvalue weighted by atomic mass is 10.1. The molecule has 0 aliphatic rings. The van der Waals surface area contributed by atoms with Gasteiger partial charge >= 0.3 is 5.97 Å². The zero-order chi connectivity index (χ0) is 18.2. The first-order valence-corrected chi connectivity index (χ1v) is 7.98. The average molecular weight is 376 g/mol. The number of rotatable bonds is 8. The molecule has 0 aliphatic heterocycles. The van der Waals surface area contributed by atoms with Crippen LogP contribution in [0.15, 0.2) is 48.5 Å². The van der Waals surface area contributed by atoms with E-state index in [0.29, 0.717) is 17.7 Å². The maximum absolute atomic E-state index is 12.0. The number of amidine groups is 1. The fraction of sp³-hybridized carbons (Fsp3) is 0.211. The van der Waals surface area contributed by atoms with E-state index >= 15 is 0 Å². The van der Waals surface area contributed by atoms with Crippen molar-refractivity contribution < 1.29 is 14.7 Å². The highest BCUT2D eigenvalue weighted by molar-refractivity contribution is 5.98. The third-order valence-electron chi connectivity index (χ3n) is 3.76. The second-order valence-corrected chi connectivity index (χ2v) is 5.74. The first-order chi connectivity index (χ1) is 12.0. The lowest BCUT2D eigenvalue weighted by molar-refractivity contribution is -0.136. The predicted octanol–water partition coefficient (Wildman–Crippen LogP) is 2.38. The van der Waals surface area contributed by atoms with Crippen molar-refractivity contribution in [3.8, 4) is 0 Å². The number of carboxylic acids is 1. The Labute approximate surface area is 158 Å². The largest absolute Gasteiger partial charge is 0.481 e. The van der Waals surface area contributed by atoms with Crippen LogP contribution in [-0.4, -0.2) is 29.4 Å². The first-order valence-electron chi connectivity index (χ1n) is 7.98. The summed E-state index contributed by atoms with van der Waals surface area (Å²) >= 11 is 0. The molecule has 2 aromatic carbocycles. The highest BCUT2D eigenvalue weighted by Gasteiger charge is 2.06. The van der Waals surface area contributed by atoms with Crippen molar-refractivity contribution in [1.29, 1.82) is 5.41 Å². The maximum atomic E-state index is 12.0. The Balaban J connectivity index is 0.00000338. The Kier molecular flexibility index (Phi) is 8.31. The van der Waals surface area contributed by atoms with E-state index in [1.165, 1.54) is 0 Å². The van der Waals surface area contributed by atoms with Crippen LogP contribution in [0, 0.1) is 5.41 Å². The van der Waals surface area contributed by atoms with Gasteiger partial charge in [0.2, 0.25) is 0 Å². The Morgan fingerprint density at radius 3 is 2.04 bits per heavy atom. The van der Waals surface area contributed by atoms with Gasteiger partial charge in [0, 0.05) is 17.7 Å². The summed E-state index contributed by atoms with van der Waals surface area (Å²) in [7, 11) is 0. The van der Waals surface area contributed by atoms with Crippen molar-refractivity contribution in [1.82, 2.24) is 5.32 Å². The van der Waals surface area contributed by atoms with Crippen molar-refractivity contribution in [2.24, 2.45) is 5.73 Å². The summed E-state index contributed by atoms with van der Waals surface area (Å²) in [6, 6.07) is 14.1. The van der Waals surface area contributed by atoms with Crippen LogP contribution in [0.4, 0.5) is 0 Å². The molecule has 5 N–H and O–H groups in total.